The highest BCUT2D eigenvalue weighted by Gasteiger charge is 2.58. The van der Waals surface area contributed by atoms with E-state index in [1.807, 2.05) is 13.8 Å². The second-order valence-electron chi connectivity index (χ2n) is 8.55. The minimum atomic E-state index is -0.971. The van der Waals surface area contributed by atoms with Crippen LogP contribution in [0.25, 0.3) is 0 Å². The monoisotopic (exact) mass is 436 g/mol. The van der Waals surface area contributed by atoms with E-state index in [9.17, 15) is 19.6 Å². The van der Waals surface area contributed by atoms with Gasteiger partial charge in [-0.25, -0.2) is 4.79 Å². The van der Waals surface area contributed by atoms with E-state index >= 15 is 0 Å². The first-order valence-electron chi connectivity index (χ1n) is 10.1. The minimum Gasteiger partial charge on any atom is -0.468 e. The number of nitriles is 1. The largest absolute Gasteiger partial charge is 0.468 e. The van der Waals surface area contributed by atoms with Gasteiger partial charge in [-0.05, 0) is 26.2 Å². The number of aromatic amines is 1. The number of H-pyrrole nitrogens is 1. The molecule has 6 atom stereocenters. The van der Waals surface area contributed by atoms with Crippen molar-refractivity contribution >= 4 is 5.97 Å². The molecule has 3 rings (SSSR count). The maximum Gasteiger partial charge on any atom is 0.330 e. The zero-order chi connectivity index (χ0) is 22.9. The highest BCUT2D eigenvalue weighted by atomic mass is 16.8. The van der Waals surface area contributed by atoms with Crippen LogP contribution in [0.5, 0.6) is 0 Å². The molecule has 2 fully saturated rings. The molecule has 11 nitrogen and oxygen atoms in total. The lowest BCUT2D eigenvalue weighted by Gasteiger charge is -2.29. The van der Waals surface area contributed by atoms with Crippen molar-refractivity contribution in [3.63, 3.8) is 0 Å². The first kappa shape index (κ1) is 23.1. The number of esters is 1. The van der Waals surface area contributed by atoms with Crippen molar-refractivity contribution < 1.29 is 23.7 Å². The number of nitrogens with one attached hydrogen (secondary N) is 2. The van der Waals surface area contributed by atoms with Gasteiger partial charge in [0.15, 0.2) is 12.0 Å². The molecule has 2 aliphatic heterocycles. The summed E-state index contributed by atoms with van der Waals surface area (Å²) < 4.78 is 24.1. The fraction of sp³-hybridized carbons (Fsp3) is 0.700. The van der Waals surface area contributed by atoms with Gasteiger partial charge in [-0.15, -0.1) is 0 Å². The Balaban J connectivity index is 1.91. The molecule has 0 spiro atoms. The van der Waals surface area contributed by atoms with E-state index < -0.39 is 59.6 Å². The zero-order valence-electron chi connectivity index (χ0n) is 18.2. The Labute approximate surface area is 179 Å². The molecule has 170 valence electrons. The van der Waals surface area contributed by atoms with Crippen LogP contribution in [0.1, 0.15) is 40.3 Å². The lowest BCUT2D eigenvalue weighted by atomic mass is 9.99. The van der Waals surface area contributed by atoms with E-state index in [0.717, 1.165) is 0 Å². The number of nitrogens with zero attached hydrogens (tertiary/aromatic N) is 2. The first-order chi connectivity index (χ1) is 14.6. The normalized spacial score (nSPS) is 28.7. The molecule has 0 unspecified atom stereocenters. The summed E-state index contributed by atoms with van der Waals surface area (Å²) in [6.45, 7) is 7.35. The number of ether oxygens (including phenoxy) is 4. The van der Waals surface area contributed by atoms with Crippen LogP contribution in [0.2, 0.25) is 0 Å². The Morgan fingerprint density at radius 2 is 2.03 bits per heavy atom. The van der Waals surface area contributed by atoms with Gasteiger partial charge >= 0.3 is 11.7 Å². The summed E-state index contributed by atoms with van der Waals surface area (Å²) >= 11 is 0. The first-order valence-corrected chi connectivity index (χ1v) is 10.1. The maximum absolute atomic E-state index is 12.3. The van der Waals surface area contributed by atoms with Crippen LogP contribution in [0, 0.1) is 17.2 Å². The Kier molecular flexibility index (Phi) is 6.66. The topological polar surface area (TPSA) is 145 Å². The molecule has 1 aromatic heterocycles. The van der Waals surface area contributed by atoms with E-state index in [2.05, 4.69) is 16.4 Å². The molecule has 3 heterocycles. The van der Waals surface area contributed by atoms with Gasteiger partial charge in [0.05, 0.1) is 13.2 Å². The molecular formula is C20H28N4O7. The van der Waals surface area contributed by atoms with Crippen LogP contribution in [0.4, 0.5) is 0 Å². The van der Waals surface area contributed by atoms with Crippen LogP contribution in [0.15, 0.2) is 21.9 Å². The number of methoxy groups -OCH3 is 1. The summed E-state index contributed by atoms with van der Waals surface area (Å²) in [5, 5.41) is 12.9. The summed E-state index contributed by atoms with van der Waals surface area (Å²) in [6.07, 6.45) is -1.40. The standard InChI is InChI=1S/C20H28N4O7/c1-10(2)8-11(18(26)28-5)22-12(9-21)14-15-16(31-20(3,4)30-15)17(29-14)24-7-6-13(25)23-19(24)27/h6-7,10-12,14-17,22H,8H2,1-5H3,(H,23,25,27)/t11-,12+,14+,15+,16+,17+/m0/s1. The number of fused-ring (bicyclic) bond motifs is 1. The van der Waals surface area contributed by atoms with Gasteiger partial charge in [0.2, 0.25) is 0 Å². The van der Waals surface area contributed by atoms with Gasteiger partial charge in [-0.3, -0.25) is 24.5 Å². The van der Waals surface area contributed by atoms with Crippen molar-refractivity contribution in [3.05, 3.63) is 33.1 Å². The molecule has 1 aromatic rings. The second kappa shape index (κ2) is 8.92. The Morgan fingerprint density at radius 1 is 1.35 bits per heavy atom. The summed E-state index contributed by atoms with van der Waals surface area (Å²) in [4.78, 5) is 38.2. The average Bonchev–Trinajstić information content (AvgIpc) is 3.17. The molecule has 0 radical (unpaired) electrons. The number of rotatable bonds is 7. The summed E-state index contributed by atoms with van der Waals surface area (Å²) in [5.74, 6) is -1.28. The molecule has 31 heavy (non-hydrogen) atoms. The molecule has 0 bridgehead atoms. The van der Waals surface area contributed by atoms with Crippen LogP contribution in [0.3, 0.4) is 0 Å². The molecule has 0 aliphatic carbocycles. The molecular weight excluding hydrogens is 408 g/mol. The van der Waals surface area contributed by atoms with Gasteiger partial charge in [0.25, 0.3) is 5.56 Å². The fourth-order valence-corrected chi connectivity index (χ4v) is 4.00. The van der Waals surface area contributed by atoms with Crippen molar-refractivity contribution in [2.45, 2.75) is 76.5 Å². The van der Waals surface area contributed by atoms with Gasteiger partial charge < -0.3 is 18.9 Å². The van der Waals surface area contributed by atoms with Crippen molar-refractivity contribution in [2.75, 3.05) is 7.11 Å². The third kappa shape index (κ3) is 4.88. The smallest absolute Gasteiger partial charge is 0.330 e. The van der Waals surface area contributed by atoms with Crippen LogP contribution in [-0.2, 0) is 23.7 Å². The number of carbonyl (C=O) groups excluding carboxylic acids is 1. The molecule has 0 saturated carbocycles. The molecule has 0 amide bonds. The van der Waals surface area contributed by atoms with Gasteiger partial charge in [0.1, 0.15) is 30.4 Å². The van der Waals surface area contributed by atoms with Crippen molar-refractivity contribution in [1.82, 2.24) is 14.9 Å². The van der Waals surface area contributed by atoms with E-state index in [4.69, 9.17) is 18.9 Å². The highest BCUT2D eigenvalue weighted by molar-refractivity contribution is 5.75. The van der Waals surface area contributed by atoms with Crippen LogP contribution in [-0.4, -0.2) is 58.8 Å². The molecule has 2 aliphatic rings. The average molecular weight is 436 g/mol. The van der Waals surface area contributed by atoms with Gasteiger partial charge in [-0.1, -0.05) is 13.8 Å². The van der Waals surface area contributed by atoms with Gasteiger partial charge in [0, 0.05) is 12.3 Å². The molecule has 0 aromatic carbocycles. The summed E-state index contributed by atoms with van der Waals surface area (Å²) in [5.41, 5.74) is -1.21. The summed E-state index contributed by atoms with van der Waals surface area (Å²) in [6, 6.07) is 1.67. The van der Waals surface area contributed by atoms with Crippen molar-refractivity contribution in [2.24, 2.45) is 5.92 Å². The van der Waals surface area contributed by atoms with Crippen molar-refractivity contribution in [1.29, 1.82) is 5.26 Å². The predicted molar refractivity (Wildman–Crippen MR) is 107 cm³/mol. The lowest BCUT2D eigenvalue weighted by Crippen LogP contribution is -2.52. The zero-order valence-corrected chi connectivity index (χ0v) is 18.2. The predicted octanol–water partition coefficient (Wildman–Crippen LogP) is 0.0236. The number of carbonyl (C=O) groups is 1. The Bertz CT molecular complexity index is 963. The lowest BCUT2D eigenvalue weighted by molar-refractivity contribution is -0.199. The minimum absolute atomic E-state index is 0.172. The Morgan fingerprint density at radius 3 is 2.61 bits per heavy atom. The number of hydrogen-bond donors (Lipinski definition) is 2. The Hall–Kier alpha value is -2.52. The highest BCUT2D eigenvalue weighted by Crippen LogP contribution is 2.43. The van der Waals surface area contributed by atoms with E-state index in [1.54, 1.807) is 13.8 Å². The van der Waals surface area contributed by atoms with E-state index in [1.165, 1.54) is 23.9 Å². The third-order valence-corrected chi connectivity index (χ3v) is 5.23. The molecule has 11 heteroatoms. The maximum atomic E-state index is 12.3. The second-order valence-corrected chi connectivity index (χ2v) is 8.55. The molecule has 2 saturated heterocycles. The van der Waals surface area contributed by atoms with E-state index in [0.29, 0.717) is 6.42 Å². The SMILES string of the molecule is COC(=O)[C@H](CC(C)C)N[C@H](C#N)[C@H]1O[C@@H](n2ccc(=O)[nH]c2=O)[C@@H]2OC(C)(C)O[C@@H]21. The quantitative estimate of drug-likeness (QED) is 0.565. The van der Waals surface area contributed by atoms with E-state index in [-0.39, 0.29) is 5.92 Å². The summed E-state index contributed by atoms with van der Waals surface area (Å²) in [7, 11) is 1.29. The number of aromatic nitrogens is 2. The molecule has 2 N–H and O–H groups in total. The number of hydrogen-bond acceptors (Lipinski definition) is 9. The van der Waals surface area contributed by atoms with Gasteiger partial charge in [-0.2, -0.15) is 5.26 Å². The van der Waals surface area contributed by atoms with Crippen LogP contribution >= 0.6 is 0 Å². The van der Waals surface area contributed by atoms with Crippen LogP contribution < -0.4 is 16.6 Å². The fourth-order valence-electron chi connectivity index (χ4n) is 4.00. The van der Waals surface area contributed by atoms with Crippen molar-refractivity contribution in [3.8, 4) is 6.07 Å². The third-order valence-electron chi connectivity index (χ3n) is 5.23.